The lowest BCUT2D eigenvalue weighted by Gasteiger charge is -2.18. The summed E-state index contributed by atoms with van der Waals surface area (Å²) in [6.07, 6.45) is 1.49. The second kappa shape index (κ2) is 6.20. The molecule has 0 bridgehead atoms. The Morgan fingerprint density at radius 3 is 3.00 bits per heavy atom. The van der Waals surface area contributed by atoms with Crippen molar-refractivity contribution < 1.29 is 23.5 Å². The average Bonchev–Trinajstić information content (AvgIpc) is 2.86. The number of oxime groups is 1. The highest BCUT2D eigenvalue weighted by molar-refractivity contribution is 6.34. The van der Waals surface area contributed by atoms with Gasteiger partial charge in [-0.25, -0.2) is 9.18 Å². The Balaban J connectivity index is 2.29. The smallest absolute Gasteiger partial charge is 0.353 e. The van der Waals surface area contributed by atoms with Gasteiger partial charge in [0.05, 0.1) is 17.3 Å². The summed E-state index contributed by atoms with van der Waals surface area (Å²) in [6, 6.07) is 2.24. The molecule has 8 heteroatoms. The van der Waals surface area contributed by atoms with E-state index in [4.69, 9.17) is 26.4 Å². The van der Waals surface area contributed by atoms with Gasteiger partial charge in [0.2, 0.25) is 5.60 Å². The third kappa shape index (κ3) is 2.97. The largest absolute Gasteiger partial charge is 0.463 e. The highest BCUT2D eigenvalue weighted by Gasteiger charge is 2.44. The van der Waals surface area contributed by atoms with Gasteiger partial charge in [-0.15, -0.1) is 5.26 Å². The maximum absolute atomic E-state index is 13.6. The molecule has 0 fully saturated rings. The normalized spacial score (nSPS) is 19.9. The van der Waals surface area contributed by atoms with Crippen molar-refractivity contribution in [2.24, 2.45) is 5.16 Å². The summed E-state index contributed by atoms with van der Waals surface area (Å²) < 4.78 is 23.0. The first-order valence-corrected chi connectivity index (χ1v) is 6.76. The maximum Gasteiger partial charge on any atom is 0.353 e. The van der Waals surface area contributed by atoms with Crippen LogP contribution in [0.5, 0.6) is 5.75 Å². The maximum atomic E-state index is 13.6. The molecule has 0 spiro atoms. The molecule has 1 atom stereocenters. The molecular weight excluding hydrogens is 315 g/mol. The molecule has 0 aromatic heterocycles. The first-order chi connectivity index (χ1) is 10.4. The van der Waals surface area contributed by atoms with Crippen molar-refractivity contribution in [1.82, 2.24) is 0 Å². The SMILES string of the molecule is CCOC(=O)C1(C)CC(c2cc(OC#N)c(F)cc2Cl)=NO1. The first kappa shape index (κ1) is 16.0. The second-order valence-corrected chi connectivity index (χ2v) is 5.12. The Kier molecular flexibility index (Phi) is 4.52. The highest BCUT2D eigenvalue weighted by atomic mass is 35.5. The van der Waals surface area contributed by atoms with Crippen LogP contribution in [0.3, 0.4) is 0 Å². The van der Waals surface area contributed by atoms with Gasteiger partial charge in [0, 0.05) is 12.0 Å². The summed E-state index contributed by atoms with van der Waals surface area (Å²) in [5.74, 6) is -1.61. The Labute approximate surface area is 131 Å². The molecule has 2 rings (SSSR count). The predicted molar refractivity (Wildman–Crippen MR) is 74.9 cm³/mol. The van der Waals surface area contributed by atoms with E-state index in [0.29, 0.717) is 11.3 Å². The van der Waals surface area contributed by atoms with E-state index in [2.05, 4.69) is 9.89 Å². The van der Waals surface area contributed by atoms with Crippen LogP contribution >= 0.6 is 11.6 Å². The van der Waals surface area contributed by atoms with Crippen LogP contribution in [0.1, 0.15) is 25.8 Å². The Morgan fingerprint density at radius 1 is 1.64 bits per heavy atom. The third-order valence-electron chi connectivity index (χ3n) is 3.06. The first-order valence-electron chi connectivity index (χ1n) is 6.39. The summed E-state index contributed by atoms with van der Waals surface area (Å²) in [5, 5.41) is 12.4. The molecule has 1 aromatic rings. The molecule has 0 saturated carbocycles. The van der Waals surface area contributed by atoms with Gasteiger partial charge in [0.1, 0.15) is 0 Å². The van der Waals surface area contributed by atoms with Crippen LogP contribution in [0.4, 0.5) is 4.39 Å². The zero-order valence-electron chi connectivity index (χ0n) is 11.9. The molecule has 0 saturated heterocycles. The minimum atomic E-state index is -1.26. The van der Waals surface area contributed by atoms with Gasteiger partial charge in [-0.2, -0.15) is 0 Å². The Morgan fingerprint density at radius 2 is 2.36 bits per heavy atom. The average molecular weight is 327 g/mol. The predicted octanol–water partition coefficient (Wildman–Crippen LogP) is 2.79. The van der Waals surface area contributed by atoms with E-state index < -0.39 is 17.4 Å². The fraction of sp³-hybridized carbons (Fsp3) is 0.357. The number of nitrogens with zero attached hydrogens (tertiary/aromatic N) is 2. The molecule has 0 N–H and O–H groups in total. The number of carbonyl (C=O) groups is 1. The third-order valence-corrected chi connectivity index (χ3v) is 3.37. The lowest BCUT2D eigenvalue weighted by atomic mass is 9.96. The number of rotatable bonds is 4. The van der Waals surface area contributed by atoms with Gasteiger partial charge in [-0.05, 0) is 26.0 Å². The molecule has 1 aliphatic rings. The van der Waals surface area contributed by atoms with Crippen molar-refractivity contribution in [3.8, 4) is 12.0 Å². The van der Waals surface area contributed by atoms with Crippen molar-refractivity contribution in [3.05, 3.63) is 28.5 Å². The Bertz CT molecular complexity index is 686. The topological polar surface area (TPSA) is 80.9 Å². The van der Waals surface area contributed by atoms with Crippen LogP contribution in [0, 0.1) is 17.3 Å². The summed E-state index contributed by atoms with van der Waals surface area (Å²) in [5.41, 5.74) is -0.607. The number of esters is 1. The fourth-order valence-electron chi connectivity index (χ4n) is 1.96. The quantitative estimate of drug-likeness (QED) is 0.627. The molecular formula is C14H12ClFN2O4. The van der Waals surface area contributed by atoms with Crippen molar-refractivity contribution in [3.63, 3.8) is 0 Å². The molecule has 6 nitrogen and oxygen atoms in total. The summed E-state index contributed by atoms with van der Waals surface area (Å²) in [7, 11) is 0. The van der Waals surface area contributed by atoms with Crippen molar-refractivity contribution in [1.29, 1.82) is 5.26 Å². The lowest BCUT2D eigenvalue weighted by Crippen LogP contribution is -2.37. The minimum absolute atomic E-state index is 0.0678. The second-order valence-electron chi connectivity index (χ2n) is 4.71. The molecule has 0 amide bonds. The van der Waals surface area contributed by atoms with Crippen LogP contribution in [-0.2, 0) is 14.4 Å². The molecule has 116 valence electrons. The van der Waals surface area contributed by atoms with Gasteiger partial charge in [0.15, 0.2) is 11.6 Å². The lowest BCUT2D eigenvalue weighted by molar-refractivity contribution is -0.166. The van der Waals surface area contributed by atoms with E-state index in [9.17, 15) is 9.18 Å². The van der Waals surface area contributed by atoms with Crippen LogP contribution in [-0.4, -0.2) is 23.9 Å². The van der Waals surface area contributed by atoms with E-state index in [0.717, 1.165) is 6.07 Å². The van der Waals surface area contributed by atoms with E-state index >= 15 is 0 Å². The summed E-state index contributed by atoms with van der Waals surface area (Å²) >= 11 is 5.98. The van der Waals surface area contributed by atoms with Gasteiger partial charge >= 0.3 is 5.97 Å². The number of halogens is 2. The van der Waals surface area contributed by atoms with Crippen molar-refractivity contribution in [2.45, 2.75) is 25.9 Å². The number of hydrogen-bond donors (Lipinski definition) is 0. The molecule has 22 heavy (non-hydrogen) atoms. The van der Waals surface area contributed by atoms with Crippen LogP contribution in [0.25, 0.3) is 0 Å². The standard InChI is InChI=1S/C14H12ClFN2O4/c1-3-20-13(19)14(2)6-11(18-22-14)8-4-12(21-7-17)10(16)5-9(8)15/h4-5H,3,6H2,1-2H3. The zero-order valence-corrected chi connectivity index (χ0v) is 12.6. The molecule has 1 aromatic carbocycles. The minimum Gasteiger partial charge on any atom is -0.463 e. The van der Waals surface area contributed by atoms with Gasteiger partial charge in [0.25, 0.3) is 6.26 Å². The Hall–Kier alpha value is -2.33. The number of carbonyl (C=O) groups excluding carboxylic acids is 1. The van der Waals surface area contributed by atoms with Crippen LogP contribution in [0.15, 0.2) is 17.3 Å². The van der Waals surface area contributed by atoms with Crippen molar-refractivity contribution in [2.75, 3.05) is 6.61 Å². The van der Waals surface area contributed by atoms with Gasteiger partial charge < -0.3 is 14.3 Å². The molecule has 1 aliphatic heterocycles. The molecule has 0 aliphatic carbocycles. The van der Waals surface area contributed by atoms with E-state index in [1.54, 1.807) is 6.92 Å². The molecule has 1 heterocycles. The number of hydrogen-bond acceptors (Lipinski definition) is 6. The fourth-order valence-corrected chi connectivity index (χ4v) is 2.21. The number of ether oxygens (including phenoxy) is 2. The summed E-state index contributed by atoms with van der Waals surface area (Å²) in [6.45, 7) is 3.43. The molecule has 1 unspecified atom stereocenters. The monoisotopic (exact) mass is 326 g/mol. The van der Waals surface area contributed by atoms with E-state index in [-0.39, 0.29) is 23.8 Å². The van der Waals surface area contributed by atoms with Crippen LogP contribution in [0.2, 0.25) is 5.02 Å². The number of benzene rings is 1. The van der Waals surface area contributed by atoms with Crippen LogP contribution < -0.4 is 4.74 Å². The zero-order chi connectivity index (χ0) is 16.3. The molecule has 0 radical (unpaired) electrons. The highest BCUT2D eigenvalue weighted by Crippen LogP contribution is 2.33. The van der Waals surface area contributed by atoms with E-state index in [1.807, 2.05) is 0 Å². The van der Waals surface area contributed by atoms with Crippen molar-refractivity contribution >= 4 is 23.3 Å². The van der Waals surface area contributed by atoms with Gasteiger partial charge in [-0.1, -0.05) is 16.8 Å². The van der Waals surface area contributed by atoms with Gasteiger partial charge in [-0.3, -0.25) is 0 Å². The van der Waals surface area contributed by atoms with E-state index in [1.165, 1.54) is 19.2 Å². The summed E-state index contributed by atoms with van der Waals surface area (Å²) in [4.78, 5) is 17.0. The number of nitriles is 1.